The molecule has 0 aliphatic heterocycles. The molecule has 0 bridgehead atoms. The fraction of sp³-hybridized carbons (Fsp3) is 0.250. The van der Waals surface area contributed by atoms with Crippen LogP contribution in [0.3, 0.4) is 0 Å². The minimum atomic E-state index is -0.256. The Morgan fingerprint density at radius 3 is 2.17 bits per heavy atom. The second kappa shape index (κ2) is 4.73. The first kappa shape index (κ1) is 10.7. The van der Waals surface area contributed by atoms with Gasteiger partial charge in [-0.1, -0.05) is 0 Å². The maximum absolute atomic E-state index is 8.84. The first-order valence-electron chi connectivity index (χ1n) is 3.46. The van der Waals surface area contributed by atoms with E-state index in [1.165, 1.54) is 0 Å². The Bertz CT molecular complexity index is 258. The van der Waals surface area contributed by atoms with Gasteiger partial charge in [0.2, 0.25) is 0 Å². The molecule has 0 heterocycles. The second-order valence-electron chi connectivity index (χ2n) is 2.49. The quantitative estimate of drug-likeness (QED) is 0.760. The van der Waals surface area contributed by atoms with Crippen LogP contribution in [0.2, 0.25) is 0 Å². The fourth-order valence-electron chi connectivity index (χ4n) is 0.895. The van der Waals surface area contributed by atoms with Crippen molar-refractivity contribution in [3.63, 3.8) is 0 Å². The first-order valence-corrected chi connectivity index (χ1v) is 5.61. The van der Waals surface area contributed by atoms with Gasteiger partial charge >= 0.3 is 0 Å². The molecule has 0 amide bonds. The van der Waals surface area contributed by atoms with Crippen molar-refractivity contribution < 1.29 is 5.11 Å². The predicted octanol–water partition coefficient (Wildman–Crippen LogP) is 1.89. The van der Waals surface area contributed by atoms with E-state index in [2.05, 4.69) is 51.2 Å². The first-order chi connectivity index (χ1) is 5.63. The molecule has 1 aromatic rings. The highest BCUT2D eigenvalue weighted by atomic mass is 127. The summed E-state index contributed by atoms with van der Waals surface area (Å²) in [6.07, 6.45) is 0. The summed E-state index contributed by atoms with van der Waals surface area (Å²) >= 11 is 4.48. The highest BCUT2D eigenvalue weighted by Crippen LogP contribution is 2.18. The van der Waals surface area contributed by atoms with Crippen molar-refractivity contribution >= 4 is 45.2 Å². The van der Waals surface area contributed by atoms with Crippen LogP contribution in [0.4, 0.5) is 0 Å². The number of hydrogen-bond acceptors (Lipinski definition) is 2. The lowest BCUT2D eigenvalue weighted by atomic mass is 10.1. The van der Waals surface area contributed by atoms with E-state index in [9.17, 15) is 0 Å². The zero-order chi connectivity index (χ0) is 9.14. The largest absolute Gasteiger partial charge is 0.394 e. The number of aliphatic hydroxyl groups is 1. The molecule has 12 heavy (non-hydrogen) atoms. The number of halogens is 2. The molecule has 0 saturated heterocycles. The summed E-state index contributed by atoms with van der Waals surface area (Å²) in [6.45, 7) is -0.00380. The maximum atomic E-state index is 8.84. The lowest BCUT2D eigenvalue weighted by Gasteiger charge is -2.09. The molecular formula is C8H9I2NO. The van der Waals surface area contributed by atoms with E-state index in [1.54, 1.807) is 0 Å². The third-order valence-electron chi connectivity index (χ3n) is 1.51. The molecule has 1 aromatic carbocycles. The monoisotopic (exact) mass is 389 g/mol. The Labute approximate surface area is 98.8 Å². The van der Waals surface area contributed by atoms with Gasteiger partial charge in [0.1, 0.15) is 0 Å². The molecule has 0 aromatic heterocycles. The Balaban J connectivity index is 3.00. The molecule has 1 rings (SSSR count). The van der Waals surface area contributed by atoms with Gasteiger partial charge < -0.3 is 10.8 Å². The predicted molar refractivity (Wildman–Crippen MR) is 65.9 cm³/mol. The minimum absolute atomic E-state index is 0.00380. The van der Waals surface area contributed by atoms with Crippen LogP contribution in [0.5, 0.6) is 0 Å². The SMILES string of the molecule is N[C@H](CO)c1cc(I)cc(I)c1. The summed E-state index contributed by atoms with van der Waals surface area (Å²) in [5.41, 5.74) is 6.67. The number of benzene rings is 1. The Morgan fingerprint density at radius 2 is 1.75 bits per heavy atom. The van der Waals surface area contributed by atoms with Gasteiger partial charge in [-0.25, -0.2) is 0 Å². The maximum Gasteiger partial charge on any atom is 0.0624 e. The smallest absolute Gasteiger partial charge is 0.0624 e. The molecule has 0 unspecified atom stereocenters. The molecular weight excluding hydrogens is 380 g/mol. The van der Waals surface area contributed by atoms with Gasteiger partial charge in [-0.05, 0) is 68.9 Å². The van der Waals surface area contributed by atoms with E-state index in [1.807, 2.05) is 12.1 Å². The van der Waals surface area contributed by atoms with Crippen molar-refractivity contribution in [1.82, 2.24) is 0 Å². The summed E-state index contributed by atoms with van der Waals surface area (Å²) in [4.78, 5) is 0. The molecule has 1 atom stereocenters. The Morgan fingerprint density at radius 1 is 1.25 bits per heavy atom. The number of nitrogens with two attached hydrogens (primary N) is 1. The van der Waals surface area contributed by atoms with Crippen molar-refractivity contribution in [2.24, 2.45) is 5.73 Å². The van der Waals surface area contributed by atoms with E-state index in [0.717, 1.165) is 12.7 Å². The van der Waals surface area contributed by atoms with Gasteiger partial charge in [0, 0.05) is 7.14 Å². The lowest BCUT2D eigenvalue weighted by molar-refractivity contribution is 0.268. The van der Waals surface area contributed by atoms with Gasteiger partial charge in [0.25, 0.3) is 0 Å². The number of rotatable bonds is 2. The van der Waals surface area contributed by atoms with Crippen LogP contribution >= 0.6 is 45.2 Å². The van der Waals surface area contributed by atoms with Crippen molar-refractivity contribution in [2.75, 3.05) is 6.61 Å². The van der Waals surface area contributed by atoms with Crippen LogP contribution < -0.4 is 5.73 Å². The molecule has 66 valence electrons. The van der Waals surface area contributed by atoms with Crippen LogP contribution in [0.15, 0.2) is 18.2 Å². The van der Waals surface area contributed by atoms with Gasteiger partial charge in [0.15, 0.2) is 0 Å². The van der Waals surface area contributed by atoms with Crippen LogP contribution in [0, 0.1) is 7.14 Å². The van der Waals surface area contributed by atoms with Crippen LogP contribution in [-0.2, 0) is 0 Å². The molecule has 4 heteroatoms. The molecule has 0 fully saturated rings. The highest BCUT2D eigenvalue weighted by molar-refractivity contribution is 14.1. The average molecular weight is 389 g/mol. The zero-order valence-corrected chi connectivity index (χ0v) is 10.6. The molecule has 0 aliphatic carbocycles. The molecule has 3 N–H and O–H groups in total. The number of hydrogen-bond donors (Lipinski definition) is 2. The third kappa shape index (κ3) is 2.82. The van der Waals surface area contributed by atoms with E-state index >= 15 is 0 Å². The van der Waals surface area contributed by atoms with Crippen LogP contribution in [0.1, 0.15) is 11.6 Å². The molecule has 0 saturated carbocycles. The van der Waals surface area contributed by atoms with Crippen LogP contribution in [-0.4, -0.2) is 11.7 Å². The molecule has 2 nitrogen and oxygen atoms in total. The highest BCUT2D eigenvalue weighted by Gasteiger charge is 2.05. The van der Waals surface area contributed by atoms with Crippen molar-refractivity contribution in [1.29, 1.82) is 0 Å². The molecule has 0 radical (unpaired) electrons. The van der Waals surface area contributed by atoms with Crippen molar-refractivity contribution in [3.05, 3.63) is 30.9 Å². The second-order valence-corrected chi connectivity index (χ2v) is 4.98. The summed E-state index contributed by atoms with van der Waals surface area (Å²) < 4.78 is 2.30. The normalized spacial score (nSPS) is 13.0. The van der Waals surface area contributed by atoms with Gasteiger partial charge in [0.05, 0.1) is 12.6 Å². The van der Waals surface area contributed by atoms with Gasteiger partial charge in [-0.3, -0.25) is 0 Å². The topological polar surface area (TPSA) is 46.2 Å². The summed E-state index contributed by atoms with van der Waals surface area (Å²) in [5, 5.41) is 8.84. The van der Waals surface area contributed by atoms with Crippen molar-refractivity contribution in [3.8, 4) is 0 Å². The average Bonchev–Trinajstić information content (AvgIpc) is 2.01. The van der Waals surface area contributed by atoms with E-state index in [-0.39, 0.29) is 12.6 Å². The van der Waals surface area contributed by atoms with Gasteiger partial charge in [-0.2, -0.15) is 0 Å². The standard InChI is InChI=1S/C8H9I2NO/c9-6-1-5(8(11)4-12)2-7(10)3-6/h1-3,8,12H,4,11H2/t8-/m1/s1. The Hall–Kier alpha value is 0.600. The molecule has 0 aliphatic rings. The minimum Gasteiger partial charge on any atom is -0.394 e. The zero-order valence-electron chi connectivity index (χ0n) is 6.30. The molecule has 0 spiro atoms. The summed E-state index contributed by atoms with van der Waals surface area (Å²) in [5.74, 6) is 0. The number of aliphatic hydroxyl groups excluding tert-OH is 1. The van der Waals surface area contributed by atoms with E-state index in [0.29, 0.717) is 0 Å². The lowest BCUT2D eigenvalue weighted by Crippen LogP contribution is -2.14. The summed E-state index contributed by atoms with van der Waals surface area (Å²) in [6, 6.07) is 5.79. The van der Waals surface area contributed by atoms with Crippen LogP contribution in [0.25, 0.3) is 0 Å². The fourth-order valence-corrected chi connectivity index (χ4v) is 2.88. The Kier molecular flexibility index (Phi) is 4.21. The van der Waals surface area contributed by atoms with Crippen molar-refractivity contribution in [2.45, 2.75) is 6.04 Å². The summed E-state index contributed by atoms with van der Waals surface area (Å²) in [7, 11) is 0. The van der Waals surface area contributed by atoms with Gasteiger partial charge in [-0.15, -0.1) is 0 Å². The van der Waals surface area contributed by atoms with E-state index in [4.69, 9.17) is 10.8 Å². The van der Waals surface area contributed by atoms with E-state index < -0.39 is 0 Å². The third-order valence-corrected chi connectivity index (χ3v) is 2.76.